The summed E-state index contributed by atoms with van der Waals surface area (Å²) < 4.78 is 49.8. The van der Waals surface area contributed by atoms with Crippen molar-refractivity contribution in [3.05, 3.63) is 41.1 Å². The number of hydrogen-bond donors (Lipinski definition) is 1. The summed E-state index contributed by atoms with van der Waals surface area (Å²) in [4.78, 5) is 23.2. The van der Waals surface area contributed by atoms with E-state index in [1.54, 1.807) is 6.92 Å². The van der Waals surface area contributed by atoms with Crippen LogP contribution in [0.15, 0.2) is 24.4 Å². The fourth-order valence-electron chi connectivity index (χ4n) is 3.85. The van der Waals surface area contributed by atoms with Crippen molar-refractivity contribution in [3.8, 4) is 5.75 Å². The topological polar surface area (TPSA) is 76.6 Å². The molecule has 0 bridgehead atoms. The molecule has 2 atom stereocenters. The minimum Gasteiger partial charge on any atom is -0.496 e. The monoisotopic (exact) mass is 436 g/mol. The average molecular weight is 436 g/mol. The molecule has 1 aromatic heterocycles. The van der Waals surface area contributed by atoms with E-state index in [-0.39, 0.29) is 30.3 Å². The molecular formula is C21H23F3N4O3. The Morgan fingerprint density at radius 3 is 2.68 bits per heavy atom. The first kappa shape index (κ1) is 21.2. The molecule has 1 saturated heterocycles. The molecule has 1 aliphatic carbocycles. The lowest BCUT2D eigenvalue weighted by Crippen LogP contribution is -2.25. The zero-order chi connectivity index (χ0) is 22.2. The summed E-state index contributed by atoms with van der Waals surface area (Å²) >= 11 is 0. The molecule has 1 saturated carbocycles. The predicted molar refractivity (Wildman–Crippen MR) is 107 cm³/mol. The van der Waals surface area contributed by atoms with E-state index in [2.05, 4.69) is 20.2 Å². The number of carbonyl (C=O) groups is 1. The second-order valence-electron chi connectivity index (χ2n) is 7.70. The molecule has 2 fully saturated rings. The SMILES string of the molecule is CCOC(=O)c1cnc(N2CC3CC3C2)nc1NCc1ccc(OC)c(C(F)(F)F)c1. The average Bonchev–Trinajstić information content (AvgIpc) is 3.36. The number of carbonyl (C=O) groups excluding carboxylic acids is 1. The van der Waals surface area contributed by atoms with Gasteiger partial charge in [0, 0.05) is 25.8 Å². The van der Waals surface area contributed by atoms with E-state index in [4.69, 9.17) is 9.47 Å². The number of nitrogens with zero attached hydrogens (tertiary/aromatic N) is 3. The Kier molecular flexibility index (Phi) is 5.63. The number of aromatic nitrogens is 2. The number of fused-ring (bicyclic) bond motifs is 1. The van der Waals surface area contributed by atoms with Gasteiger partial charge in [-0.3, -0.25) is 0 Å². The highest BCUT2D eigenvalue weighted by Gasteiger charge is 2.46. The third kappa shape index (κ3) is 4.52. The Balaban J connectivity index is 1.58. The van der Waals surface area contributed by atoms with Crippen LogP contribution in [-0.2, 0) is 17.5 Å². The van der Waals surface area contributed by atoms with Crippen molar-refractivity contribution in [2.75, 3.05) is 37.0 Å². The molecule has 0 radical (unpaired) electrons. The molecule has 2 aromatic rings. The second-order valence-corrected chi connectivity index (χ2v) is 7.70. The fraction of sp³-hybridized carbons (Fsp3) is 0.476. The van der Waals surface area contributed by atoms with Gasteiger partial charge in [0.1, 0.15) is 17.1 Å². The van der Waals surface area contributed by atoms with Crippen LogP contribution in [-0.4, -0.2) is 42.7 Å². The van der Waals surface area contributed by atoms with E-state index in [1.165, 1.54) is 31.9 Å². The summed E-state index contributed by atoms with van der Waals surface area (Å²) in [6.45, 7) is 3.64. The van der Waals surface area contributed by atoms with Crippen molar-refractivity contribution >= 4 is 17.7 Å². The summed E-state index contributed by atoms with van der Waals surface area (Å²) in [7, 11) is 1.19. The number of methoxy groups -OCH3 is 1. The van der Waals surface area contributed by atoms with Crippen molar-refractivity contribution in [1.29, 1.82) is 0 Å². The summed E-state index contributed by atoms with van der Waals surface area (Å²) in [5, 5.41) is 2.98. The highest BCUT2D eigenvalue weighted by atomic mass is 19.4. The van der Waals surface area contributed by atoms with Crippen LogP contribution in [0.5, 0.6) is 5.75 Å². The number of anilines is 2. The van der Waals surface area contributed by atoms with Crippen molar-refractivity contribution in [3.63, 3.8) is 0 Å². The van der Waals surface area contributed by atoms with Crippen LogP contribution in [0, 0.1) is 11.8 Å². The number of ether oxygens (including phenoxy) is 2. The van der Waals surface area contributed by atoms with Crippen LogP contribution < -0.4 is 15.0 Å². The van der Waals surface area contributed by atoms with Gasteiger partial charge in [0.05, 0.1) is 19.3 Å². The number of halogens is 3. The predicted octanol–water partition coefficient (Wildman–Crippen LogP) is 3.75. The molecular weight excluding hydrogens is 413 g/mol. The van der Waals surface area contributed by atoms with Gasteiger partial charge >= 0.3 is 12.1 Å². The Hall–Kier alpha value is -3.04. The zero-order valence-electron chi connectivity index (χ0n) is 17.2. The van der Waals surface area contributed by atoms with Gasteiger partial charge in [-0.1, -0.05) is 6.07 Å². The number of benzene rings is 1. The molecule has 2 unspecified atom stereocenters. The molecule has 166 valence electrons. The number of hydrogen-bond acceptors (Lipinski definition) is 7. The first-order valence-corrected chi connectivity index (χ1v) is 10.1. The van der Waals surface area contributed by atoms with Crippen LogP contribution in [0.1, 0.15) is 34.8 Å². The van der Waals surface area contributed by atoms with Gasteiger partial charge in [-0.2, -0.15) is 18.2 Å². The molecule has 7 nitrogen and oxygen atoms in total. The molecule has 2 heterocycles. The third-order valence-electron chi connectivity index (χ3n) is 5.56. The van der Waals surface area contributed by atoms with E-state index >= 15 is 0 Å². The fourth-order valence-corrected chi connectivity index (χ4v) is 3.85. The number of alkyl halides is 3. The minimum atomic E-state index is -4.55. The highest BCUT2D eigenvalue weighted by Crippen LogP contribution is 2.45. The van der Waals surface area contributed by atoms with Gasteiger partial charge in [0.25, 0.3) is 0 Å². The number of nitrogens with one attached hydrogen (secondary N) is 1. The molecule has 1 aliphatic heterocycles. The molecule has 4 rings (SSSR count). The lowest BCUT2D eigenvalue weighted by Gasteiger charge is -2.20. The van der Waals surface area contributed by atoms with Gasteiger partial charge in [-0.05, 0) is 42.9 Å². The maximum absolute atomic E-state index is 13.3. The Morgan fingerprint density at radius 1 is 1.29 bits per heavy atom. The van der Waals surface area contributed by atoms with Crippen LogP contribution >= 0.6 is 0 Å². The number of piperidine rings is 1. The summed E-state index contributed by atoms with van der Waals surface area (Å²) in [6.07, 6.45) is -1.92. The number of esters is 1. The highest BCUT2D eigenvalue weighted by molar-refractivity contribution is 5.94. The van der Waals surface area contributed by atoms with E-state index in [0.29, 0.717) is 23.3 Å². The molecule has 1 N–H and O–H groups in total. The Bertz CT molecular complexity index is 973. The van der Waals surface area contributed by atoms with Gasteiger partial charge < -0.3 is 19.7 Å². The van der Waals surface area contributed by atoms with E-state index < -0.39 is 17.7 Å². The van der Waals surface area contributed by atoms with E-state index in [1.807, 2.05) is 0 Å². The van der Waals surface area contributed by atoms with Gasteiger partial charge in [-0.15, -0.1) is 0 Å². The van der Waals surface area contributed by atoms with Crippen molar-refractivity contribution in [1.82, 2.24) is 9.97 Å². The lowest BCUT2D eigenvalue weighted by molar-refractivity contribution is -0.138. The standard InChI is InChI=1S/C21H23F3N4O3/c1-3-31-19(29)15-9-26-20(28-10-13-7-14(13)11-28)27-18(15)25-8-12-4-5-17(30-2)16(6-12)21(22,23)24/h4-6,9,13-14H,3,7-8,10-11H2,1-2H3,(H,25,26,27). The van der Waals surface area contributed by atoms with Crippen molar-refractivity contribution in [2.24, 2.45) is 11.8 Å². The third-order valence-corrected chi connectivity index (χ3v) is 5.56. The van der Waals surface area contributed by atoms with Gasteiger partial charge in [0.2, 0.25) is 5.95 Å². The van der Waals surface area contributed by atoms with Gasteiger partial charge in [0.15, 0.2) is 0 Å². The summed E-state index contributed by atoms with van der Waals surface area (Å²) in [5.41, 5.74) is -0.357. The van der Waals surface area contributed by atoms with Crippen LogP contribution in [0.25, 0.3) is 0 Å². The molecule has 0 amide bonds. The molecule has 31 heavy (non-hydrogen) atoms. The van der Waals surface area contributed by atoms with E-state index in [9.17, 15) is 18.0 Å². The zero-order valence-corrected chi connectivity index (χ0v) is 17.2. The maximum atomic E-state index is 13.3. The smallest absolute Gasteiger partial charge is 0.419 e. The van der Waals surface area contributed by atoms with Gasteiger partial charge in [-0.25, -0.2) is 9.78 Å². The van der Waals surface area contributed by atoms with Crippen LogP contribution in [0.3, 0.4) is 0 Å². The summed E-state index contributed by atoms with van der Waals surface area (Å²) in [5.74, 6) is 1.23. The van der Waals surface area contributed by atoms with Crippen molar-refractivity contribution in [2.45, 2.75) is 26.1 Å². The molecule has 2 aliphatic rings. The molecule has 1 aromatic carbocycles. The largest absolute Gasteiger partial charge is 0.496 e. The van der Waals surface area contributed by atoms with Crippen LogP contribution in [0.4, 0.5) is 24.9 Å². The van der Waals surface area contributed by atoms with E-state index in [0.717, 1.165) is 19.2 Å². The second kappa shape index (κ2) is 8.24. The molecule has 0 spiro atoms. The Labute approximate surface area is 177 Å². The summed E-state index contributed by atoms with van der Waals surface area (Å²) in [6, 6.07) is 3.82. The first-order chi connectivity index (χ1) is 14.8. The quantitative estimate of drug-likeness (QED) is 0.663. The maximum Gasteiger partial charge on any atom is 0.419 e. The first-order valence-electron chi connectivity index (χ1n) is 10.1. The molecule has 10 heteroatoms. The van der Waals surface area contributed by atoms with Crippen LogP contribution in [0.2, 0.25) is 0 Å². The van der Waals surface area contributed by atoms with Crippen molar-refractivity contribution < 1.29 is 27.4 Å². The number of rotatable bonds is 7. The Morgan fingerprint density at radius 2 is 2.03 bits per heavy atom. The minimum absolute atomic E-state index is 0.0290. The lowest BCUT2D eigenvalue weighted by atomic mass is 10.1. The normalized spacial score (nSPS) is 19.7.